The third kappa shape index (κ3) is 4.48. The van der Waals surface area contributed by atoms with Crippen LogP contribution >= 0.6 is 11.3 Å². The first-order valence-electron chi connectivity index (χ1n) is 10.6. The smallest absolute Gasteiger partial charge is 0.278 e. The topological polar surface area (TPSA) is 97.4 Å². The number of para-hydroxylation sites is 1. The number of rotatable bonds is 5. The maximum absolute atomic E-state index is 13.1. The van der Waals surface area contributed by atoms with Crippen molar-refractivity contribution in [3.05, 3.63) is 81.4 Å². The third-order valence-corrected chi connectivity index (χ3v) is 6.40. The van der Waals surface area contributed by atoms with Crippen LogP contribution in [0, 0.1) is 6.92 Å². The molecule has 4 heterocycles. The van der Waals surface area contributed by atoms with Gasteiger partial charge in [-0.1, -0.05) is 29.4 Å². The van der Waals surface area contributed by atoms with Crippen LogP contribution in [-0.4, -0.2) is 61.8 Å². The Kier molecular flexibility index (Phi) is 5.84. The molecule has 0 unspecified atom stereocenters. The largest absolute Gasteiger partial charge is 0.338 e. The van der Waals surface area contributed by atoms with E-state index in [0.717, 1.165) is 10.6 Å². The van der Waals surface area contributed by atoms with Gasteiger partial charge in [-0.05, 0) is 30.5 Å². The van der Waals surface area contributed by atoms with Crippen molar-refractivity contribution in [1.29, 1.82) is 0 Å². The van der Waals surface area contributed by atoms with Crippen LogP contribution in [0.15, 0.2) is 63.2 Å². The number of hydrogen-bond acceptors (Lipinski definition) is 8. The molecule has 0 atom stereocenters. The van der Waals surface area contributed by atoms with Crippen LogP contribution in [0.5, 0.6) is 0 Å². The number of benzene rings is 1. The summed E-state index contributed by atoms with van der Waals surface area (Å²) in [6.45, 7) is 4.58. The Labute approximate surface area is 193 Å². The van der Waals surface area contributed by atoms with Gasteiger partial charge in [0.2, 0.25) is 17.1 Å². The molecule has 0 bridgehead atoms. The minimum absolute atomic E-state index is 0.0598. The first-order valence-corrected chi connectivity index (χ1v) is 11.5. The van der Waals surface area contributed by atoms with E-state index >= 15 is 0 Å². The van der Waals surface area contributed by atoms with Crippen molar-refractivity contribution in [2.45, 2.75) is 13.5 Å². The minimum atomic E-state index is -0.362. The molecule has 1 amide bonds. The number of aromatic nitrogens is 4. The maximum Gasteiger partial charge on any atom is 0.278 e. The number of hydrogen-bond donors (Lipinski definition) is 0. The van der Waals surface area contributed by atoms with Crippen LogP contribution in [0.4, 0.5) is 0 Å². The van der Waals surface area contributed by atoms with Crippen LogP contribution in [0.3, 0.4) is 0 Å². The van der Waals surface area contributed by atoms with Gasteiger partial charge in [0, 0.05) is 37.9 Å². The molecule has 0 spiro atoms. The first kappa shape index (κ1) is 21.2. The standard InChI is InChI=1S/C23H22N6O3S/c1-16-14-18(30)21(25-29(16)17-6-3-2-4-7-17)23(31)28-11-9-27(10-12-28)15-20-24-22(26-32-20)19-8-5-13-33-19/h2-8,13-14H,9-12,15H2,1H3. The van der Waals surface area contributed by atoms with Gasteiger partial charge >= 0.3 is 0 Å². The predicted molar refractivity (Wildman–Crippen MR) is 123 cm³/mol. The number of carbonyl (C=O) groups excluding carboxylic acids is 1. The van der Waals surface area contributed by atoms with E-state index in [1.165, 1.54) is 6.07 Å². The summed E-state index contributed by atoms with van der Waals surface area (Å²) >= 11 is 1.56. The molecule has 5 rings (SSSR count). The second-order valence-corrected chi connectivity index (χ2v) is 8.75. The molecular formula is C23H22N6O3S. The molecule has 1 saturated heterocycles. The summed E-state index contributed by atoms with van der Waals surface area (Å²) in [6, 6.07) is 14.8. The zero-order valence-electron chi connectivity index (χ0n) is 18.0. The van der Waals surface area contributed by atoms with E-state index in [-0.39, 0.29) is 17.0 Å². The highest BCUT2D eigenvalue weighted by Crippen LogP contribution is 2.21. The number of aryl methyl sites for hydroxylation is 1. The minimum Gasteiger partial charge on any atom is -0.338 e. The van der Waals surface area contributed by atoms with Gasteiger partial charge in [-0.2, -0.15) is 10.1 Å². The van der Waals surface area contributed by atoms with E-state index in [4.69, 9.17) is 4.52 Å². The molecule has 9 nitrogen and oxygen atoms in total. The SMILES string of the molecule is Cc1cc(=O)c(C(=O)N2CCN(Cc3nc(-c4cccs4)no3)CC2)nn1-c1ccccc1. The van der Waals surface area contributed by atoms with E-state index in [2.05, 4.69) is 20.1 Å². The average Bonchev–Trinajstić information content (AvgIpc) is 3.52. The molecule has 3 aromatic heterocycles. The van der Waals surface area contributed by atoms with Gasteiger partial charge in [-0.15, -0.1) is 11.3 Å². The fourth-order valence-electron chi connectivity index (χ4n) is 3.80. The summed E-state index contributed by atoms with van der Waals surface area (Å²) in [5.74, 6) is 0.792. The van der Waals surface area contributed by atoms with Crippen molar-refractivity contribution < 1.29 is 9.32 Å². The van der Waals surface area contributed by atoms with Gasteiger partial charge in [0.15, 0.2) is 5.69 Å². The van der Waals surface area contributed by atoms with Gasteiger partial charge in [0.25, 0.3) is 5.91 Å². The van der Waals surface area contributed by atoms with E-state index in [1.54, 1.807) is 27.8 Å². The molecule has 33 heavy (non-hydrogen) atoms. The quantitative estimate of drug-likeness (QED) is 0.450. The molecule has 0 N–H and O–H groups in total. The third-order valence-electron chi connectivity index (χ3n) is 5.54. The van der Waals surface area contributed by atoms with E-state index in [1.807, 2.05) is 47.8 Å². The van der Waals surface area contributed by atoms with Crippen molar-refractivity contribution in [3.8, 4) is 16.4 Å². The lowest BCUT2D eigenvalue weighted by molar-refractivity contribution is 0.0606. The maximum atomic E-state index is 13.1. The molecular weight excluding hydrogens is 440 g/mol. The number of thiophene rings is 1. The zero-order valence-corrected chi connectivity index (χ0v) is 18.9. The summed E-state index contributed by atoms with van der Waals surface area (Å²) in [4.78, 5) is 34.9. The van der Waals surface area contributed by atoms with Crippen LogP contribution in [-0.2, 0) is 6.54 Å². The molecule has 4 aromatic rings. The van der Waals surface area contributed by atoms with Crippen molar-refractivity contribution in [2.24, 2.45) is 0 Å². The van der Waals surface area contributed by atoms with Crippen LogP contribution in [0.2, 0.25) is 0 Å². The second kappa shape index (κ2) is 9.08. The van der Waals surface area contributed by atoms with E-state index in [9.17, 15) is 9.59 Å². The monoisotopic (exact) mass is 462 g/mol. The Hall–Kier alpha value is -3.63. The van der Waals surface area contributed by atoms with Crippen molar-refractivity contribution >= 4 is 17.2 Å². The number of amides is 1. The normalized spacial score (nSPS) is 14.5. The Morgan fingerprint density at radius 1 is 1.09 bits per heavy atom. The van der Waals surface area contributed by atoms with Gasteiger partial charge in [0.1, 0.15) is 0 Å². The Morgan fingerprint density at radius 3 is 2.61 bits per heavy atom. The van der Waals surface area contributed by atoms with Gasteiger partial charge in [0.05, 0.1) is 17.1 Å². The van der Waals surface area contributed by atoms with Crippen LogP contribution in [0.1, 0.15) is 22.1 Å². The number of nitrogens with zero attached hydrogens (tertiary/aromatic N) is 6. The first-order chi connectivity index (χ1) is 16.1. The summed E-state index contributed by atoms with van der Waals surface area (Å²) in [7, 11) is 0. The fraction of sp³-hybridized carbons (Fsp3) is 0.261. The highest BCUT2D eigenvalue weighted by atomic mass is 32.1. The molecule has 10 heteroatoms. The Bertz CT molecular complexity index is 1310. The van der Waals surface area contributed by atoms with Gasteiger partial charge in [-0.25, -0.2) is 4.68 Å². The number of piperazine rings is 1. The van der Waals surface area contributed by atoms with Crippen LogP contribution in [0.25, 0.3) is 16.4 Å². The molecule has 0 radical (unpaired) electrons. The molecule has 0 aliphatic carbocycles. The lowest BCUT2D eigenvalue weighted by Crippen LogP contribution is -2.49. The Balaban J connectivity index is 1.25. The van der Waals surface area contributed by atoms with Crippen molar-refractivity contribution in [1.82, 2.24) is 29.7 Å². The number of carbonyl (C=O) groups is 1. The molecule has 168 valence electrons. The highest BCUT2D eigenvalue weighted by molar-refractivity contribution is 7.13. The molecule has 1 aromatic carbocycles. The van der Waals surface area contributed by atoms with Crippen molar-refractivity contribution in [3.63, 3.8) is 0 Å². The Morgan fingerprint density at radius 2 is 1.88 bits per heavy atom. The lowest BCUT2D eigenvalue weighted by Gasteiger charge is -2.33. The molecule has 1 fully saturated rings. The van der Waals surface area contributed by atoms with Gasteiger partial charge < -0.3 is 9.42 Å². The van der Waals surface area contributed by atoms with E-state index in [0.29, 0.717) is 50.1 Å². The van der Waals surface area contributed by atoms with Crippen LogP contribution < -0.4 is 5.43 Å². The summed E-state index contributed by atoms with van der Waals surface area (Å²) in [5, 5.41) is 10.4. The van der Waals surface area contributed by atoms with Crippen molar-refractivity contribution in [2.75, 3.05) is 26.2 Å². The second-order valence-electron chi connectivity index (χ2n) is 7.80. The summed E-state index contributed by atoms with van der Waals surface area (Å²) in [5.41, 5.74) is 1.05. The lowest BCUT2D eigenvalue weighted by atomic mass is 10.2. The highest BCUT2D eigenvalue weighted by Gasteiger charge is 2.26. The fourth-order valence-corrected chi connectivity index (χ4v) is 4.45. The average molecular weight is 463 g/mol. The molecule has 1 aliphatic rings. The molecule has 1 aliphatic heterocycles. The van der Waals surface area contributed by atoms with Gasteiger partial charge in [-0.3, -0.25) is 14.5 Å². The zero-order chi connectivity index (χ0) is 22.8. The summed E-state index contributed by atoms with van der Waals surface area (Å²) < 4.78 is 7.02. The van der Waals surface area contributed by atoms with E-state index < -0.39 is 0 Å². The summed E-state index contributed by atoms with van der Waals surface area (Å²) in [6.07, 6.45) is 0. The molecule has 0 saturated carbocycles. The predicted octanol–water partition coefficient (Wildman–Crippen LogP) is 2.61.